The van der Waals surface area contributed by atoms with Gasteiger partial charge in [-0.3, -0.25) is 10.1 Å². The number of aliphatic imine (C=N–C) groups is 1. The van der Waals surface area contributed by atoms with Crippen molar-refractivity contribution < 1.29 is 27.8 Å². The molecule has 2 amide bonds. The molecule has 1 heterocycles. The van der Waals surface area contributed by atoms with Crippen molar-refractivity contribution in [2.24, 2.45) is 4.99 Å². The maximum Gasteiger partial charge on any atom is 0.410 e. The molecule has 2 aromatic carbocycles. The third kappa shape index (κ3) is 5.78. The fraction of sp³-hybridized carbons (Fsp3) is 0.292. The summed E-state index contributed by atoms with van der Waals surface area (Å²) in [7, 11) is 0. The molecular formula is C24H24F2N2O4. The lowest BCUT2D eigenvalue weighted by Gasteiger charge is -2.21. The second-order valence-corrected chi connectivity index (χ2v) is 8.29. The van der Waals surface area contributed by atoms with Crippen molar-refractivity contribution in [3.63, 3.8) is 0 Å². The number of hydrogen-bond acceptors (Lipinski definition) is 4. The van der Waals surface area contributed by atoms with E-state index in [1.807, 2.05) is 0 Å². The molecule has 0 bridgehead atoms. The number of rotatable bonds is 6. The molecule has 0 aliphatic carbocycles. The second kappa shape index (κ2) is 9.30. The number of nitrogens with zero attached hydrogens (tertiary/aromatic N) is 1. The number of alkyl carbamates (subject to hydrolysis) is 1. The van der Waals surface area contributed by atoms with Crippen molar-refractivity contribution in [1.29, 1.82) is 0 Å². The number of amides is 2. The van der Waals surface area contributed by atoms with E-state index >= 15 is 0 Å². The highest BCUT2D eigenvalue weighted by Crippen LogP contribution is 2.26. The monoisotopic (exact) mass is 442 g/mol. The summed E-state index contributed by atoms with van der Waals surface area (Å²) in [6.45, 7) is 8.39. The first-order valence-electron chi connectivity index (χ1n) is 9.97. The van der Waals surface area contributed by atoms with Gasteiger partial charge in [0.2, 0.25) is 0 Å². The molecule has 0 spiro atoms. The zero-order valence-corrected chi connectivity index (χ0v) is 18.1. The third-order valence-electron chi connectivity index (χ3n) is 4.47. The average molecular weight is 442 g/mol. The molecule has 0 saturated heterocycles. The molecule has 32 heavy (non-hydrogen) atoms. The van der Waals surface area contributed by atoms with Crippen molar-refractivity contribution in [2.75, 3.05) is 6.61 Å². The van der Waals surface area contributed by atoms with Gasteiger partial charge in [0.25, 0.3) is 5.91 Å². The largest absolute Gasteiger partial charge is 0.489 e. The van der Waals surface area contributed by atoms with E-state index in [0.717, 1.165) is 0 Å². The standard InChI is InChI=1S/C24H24F2N2O4/c1-14(22(26)28-23(30)32-24(2,3)4)13-31-16-9-10-17-15(11-16)12-20(29)27-21(17)18-7-5-6-8-19(18)25/h5-11,22H,1,12-13H2,2-4H3,(H,28,30). The van der Waals surface area contributed by atoms with Crippen LogP contribution in [0.4, 0.5) is 13.6 Å². The Morgan fingerprint density at radius 3 is 2.62 bits per heavy atom. The normalized spacial score (nSPS) is 14.2. The lowest BCUT2D eigenvalue weighted by Crippen LogP contribution is -2.38. The first-order valence-corrected chi connectivity index (χ1v) is 9.97. The predicted molar refractivity (Wildman–Crippen MR) is 116 cm³/mol. The van der Waals surface area contributed by atoms with Crippen LogP contribution in [0.1, 0.15) is 37.5 Å². The van der Waals surface area contributed by atoms with Gasteiger partial charge in [-0.15, -0.1) is 0 Å². The van der Waals surface area contributed by atoms with Crippen LogP contribution in [-0.2, 0) is 16.0 Å². The Kier molecular flexibility index (Phi) is 6.72. The van der Waals surface area contributed by atoms with Gasteiger partial charge < -0.3 is 9.47 Å². The molecule has 3 rings (SSSR count). The summed E-state index contributed by atoms with van der Waals surface area (Å²) < 4.78 is 39.1. The number of ether oxygens (including phenoxy) is 2. The lowest BCUT2D eigenvalue weighted by atomic mass is 9.92. The Bertz CT molecular complexity index is 1090. The van der Waals surface area contributed by atoms with E-state index < -0.39 is 29.7 Å². The summed E-state index contributed by atoms with van der Waals surface area (Å²) in [5.74, 6) is -0.505. The number of alkyl halides is 1. The molecule has 0 fully saturated rings. The first kappa shape index (κ1) is 23.1. The van der Waals surface area contributed by atoms with Crippen LogP contribution in [0.3, 0.4) is 0 Å². The molecule has 1 atom stereocenters. The Morgan fingerprint density at radius 2 is 1.94 bits per heavy atom. The number of fused-ring (bicyclic) bond motifs is 1. The van der Waals surface area contributed by atoms with E-state index in [-0.39, 0.29) is 29.9 Å². The minimum atomic E-state index is -1.86. The second-order valence-electron chi connectivity index (χ2n) is 8.29. The molecule has 1 N–H and O–H groups in total. The zero-order valence-electron chi connectivity index (χ0n) is 18.1. The smallest absolute Gasteiger partial charge is 0.410 e. The molecule has 168 valence electrons. The Hall–Kier alpha value is -3.55. The molecule has 1 aliphatic rings. The van der Waals surface area contributed by atoms with Crippen LogP contribution in [0.25, 0.3) is 0 Å². The molecule has 2 aromatic rings. The van der Waals surface area contributed by atoms with E-state index in [0.29, 0.717) is 16.9 Å². The van der Waals surface area contributed by atoms with Crippen LogP contribution in [0.5, 0.6) is 5.75 Å². The molecule has 0 saturated carbocycles. The summed E-state index contributed by atoms with van der Waals surface area (Å²) in [5, 5.41) is 2.05. The van der Waals surface area contributed by atoms with Gasteiger partial charge in [0.1, 0.15) is 23.8 Å². The maximum absolute atomic E-state index is 14.2. The summed E-state index contributed by atoms with van der Waals surface area (Å²) in [4.78, 5) is 27.8. The number of benzene rings is 2. The molecule has 0 radical (unpaired) electrons. The van der Waals surface area contributed by atoms with Gasteiger partial charge >= 0.3 is 6.09 Å². The minimum Gasteiger partial charge on any atom is -0.489 e. The van der Waals surface area contributed by atoms with Crippen LogP contribution in [0.2, 0.25) is 0 Å². The highest BCUT2D eigenvalue weighted by Gasteiger charge is 2.24. The Labute approximate surface area is 184 Å². The van der Waals surface area contributed by atoms with Crippen LogP contribution < -0.4 is 10.1 Å². The first-order chi connectivity index (χ1) is 15.0. The Balaban J connectivity index is 1.68. The zero-order chi connectivity index (χ0) is 23.5. The number of carbonyl (C=O) groups excluding carboxylic acids is 2. The quantitative estimate of drug-likeness (QED) is 0.528. The molecule has 0 aromatic heterocycles. The molecular weight excluding hydrogens is 418 g/mol. The maximum atomic E-state index is 14.2. The van der Waals surface area contributed by atoms with Gasteiger partial charge in [0, 0.05) is 16.7 Å². The van der Waals surface area contributed by atoms with Crippen molar-refractivity contribution in [2.45, 2.75) is 39.1 Å². The Morgan fingerprint density at radius 1 is 1.22 bits per heavy atom. The summed E-state index contributed by atoms with van der Waals surface area (Å²) in [5.41, 5.74) is 0.963. The SMILES string of the molecule is C=C(COc1ccc2c(c1)CC(=O)N=C2c1ccccc1F)C(F)NC(=O)OC(C)(C)C. The topological polar surface area (TPSA) is 77.0 Å². The van der Waals surface area contributed by atoms with E-state index in [9.17, 15) is 18.4 Å². The molecule has 1 aliphatic heterocycles. The highest BCUT2D eigenvalue weighted by atomic mass is 19.1. The predicted octanol–water partition coefficient (Wildman–Crippen LogP) is 4.50. The van der Waals surface area contributed by atoms with Crippen LogP contribution >= 0.6 is 0 Å². The van der Waals surface area contributed by atoms with Gasteiger partial charge in [0.05, 0.1) is 12.1 Å². The molecule has 1 unspecified atom stereocenters. The summed E-state index contributed by atoms with van der Waals surface area (Å²) >= 11 is 0. The van der Waals surface area contributed by atoms with Crippen molar-refractivity contribution >= 4 is 17.7 Å². The van der Waals surface area contributed by atoms with Crippen molar-refractivity contribution in [3.8, 4) is 5.75 Å². The van der Waals surface area contributed by atoms with Gasteiger partial charge in [-0.25, -0.2) is 18.6 Å². The fourth-order valence-corrected chi connectivity index (χ4v) is 3.05. The number of nitrogens with one attached hydrogen (secondary N) is 1. The summed E-state index contributed by atoms with van der Waals surface area (Å²) in [6.07, 6.45) is -2.72. The number of hydrogen-bond donors (Lipinski definition) is 1. The summed E-state index contributed by atoms with van der Waals surface area (Å²) in [6, 6.07) is 11.0. The van der Waals surface area contributed by atoms with E-state index in [4.69, 9.17) is 9.47 Å². The molecule has 6 nitrogen and oxygen atoms in total. The number of carbonyl (C=O) groups is 2. The van der Waals surface area contributed by atoms with Gasteiger partial charge in [0.15, 0.2) is 6.30 Å². The molecule has 8 heteroatoms. The van der Waals surface area contributed by atoms with E-state index in [1.54, 1.807) is 57.2 Å². The third-order valence-corrected chi connectivity index (χ3v) is 4.47. The van der Waals surface area contributed by atoms with Gasteiger partial charge in [-0.05, 0) is 56.7 Å². The number of halogens is 2. The average Bonchev–Trinajstić information content (AvgIpc) is 2.70. The van der Waals surface area contributed by atoms with Crippen LogP contribution in [0.15, 0.2) is 59.6 Å². The highest BCUT2D eigenvalue weighted by molar-refractivity contribution is 6.19. The minimum absolute atomic E-state index is 0.0155. The van der Waals surface area contributed by atoms with Gasteiger partial charge in [-0.2, -0.15) is 0 Å². The van der Waals surface area contributed by atoms with Gasteiger partial charge in [-0.1, -0.05) is 18.7 Å². The fourth-order valence-electron chi connectivity index (χ4n) is 3.05. The van der Waals surface area contributed by atoms with Crippen LogP contribution in [-0.4, -0.2) is 36.2 Å². The lowest BCUT2D eigenvalue weighted by molar-refractivity contribution is -0.117. The van der Waals surface area contributed by atoms with Crippen molar-refractivity contribution in [1.82, 2.24) is 5.32 Å². The van der Waals surface area contributed by atoms with Crippen molar-refractivity contribution in [3.05, 3.63) is 77.1 Å². The van der Waals surface area contributed by atoms with Crippen LogP contribution in [0, 0.1) is 5.82 Å². The van der Waals surface area contributed by atoms with E-state index in [2.05, 4.69) is 16.9 Å². The van der Waals surface area contributed by atoms with E-state index in [1.165, 1.54) is 6.07 Å².